The van der Waals surface area contributed by atoms with E-state index in [1.54, 1.807) is 0 Å². The zero-order valence-electron chi connectivity index (χ0n) is 14.0. The standard InChI is InChI=1S/C13H19FO10S/c1-6(15)20-5-9(21-7(2)16)10-11(24-25(4,18)19)12(13(14)23-10)22-8(3)17/h9-13H,5H2,1-4H3/t9-,10-,11+,12-,13?/m1/s1. The molecule has 0 radical (unpaired) electrons. The van der Waals surface area contributed by atoms with Crippen molar-refractivity contribution in [2.75, 3.05) is 12.9 Å². The third-order valence-electron chi connectivity index (χ3n) is 2.92. The van der Waals surface area contributed by atoms with E-state index in [0.717, 1.165) is 20.8 Å². The molecule has 0 aliphatic carbocycles. The van der Waals surface area contributed by atoms with Gasteiger partial charge < -0.3 is 18.9 Å². The van der Waals surface area contributed by atoms with E-state index in [-0.39, 0.29) is 0 Å². The lowest BCUT2D eigenvalue weighted by Crippen LogP contribution is -2.46. The van der Waals surface area contributed by atoms with Crippen molar-refractivity contribution >= 4 is 28.0 Å². The molecule has 1 rings (SSSR count). The van der Waals surface area contributed by atoms with Crippen LogP contribution in [0, 0.1) is 0 Å². The minimum absolute atomic E-state index is 0.539. The van der Waals surface area contributed by atoms with Gasteiger partial charge in [-0.25, -0.2) is 4.39 Å². The highest BCUT2D eigenvalue weighted by atomic mass is 32.2. The van der Waals surface area contributed by atoms with Crippen LogP contribution in [0.15, 0.2) is 0 Å². The van der Waals surface area contributed by atoms with E-state index in [9.17, 15) is 27.2 Å². The summed E-state index contributed by atoms with van der Waals surface area (Å²) in [6.45, 7) is 2.58. The number of carbonyl (C=O) groups excluding carboxylic acids is 3. The van der Waals surface area contributed by atoms with E-state index in [2.05, 4.69) is 0 Å². The molecule has 0 aromatic rings. The molecule has 1 unspecified atom stereocenters. The van der Waals surface area contributed by atoms with Gasteiger partial charge in [0.2, 0.25) is 6.36 Å². The quantitative estimate of drug-likeness (QED) is 0.319. The second-order valence-electron chi connectivity index (χ2n) is 5.24. The van der Waals surface area contributed by atoms with Crippen molar-refractivity contribution in [1.82, 2.24) is 0 Å². The van der Waals surface area contributed by atoms with Crippen molar-refractivity contribution in [2.45, 2.75) is 51.5 Å². The van der Waals surface area contributed by atoms with Crippen molar-refractivity contribution in [1.29, 1.82) is 0 Å². The second kappa shape index (κ2) is 8.54. The average Bonchev–Trinajstić information content (AvgIpc) is 2.69. The minimum atomic E-state index is -4.11. The number of ether oxygens (including phenoxy) is 4. The SMILES string of the molecule is CC(=O)OC[C@@H](OC(C)=O)[C@H]1OC(F)[C@H](OC(C)=O)[C@H]1OS(C)(=O)=O. The summed E-state index contributed by atoms with van der Waals surface area (Å²) in [4.78, 5) is 33.3. The first kappa shape index (κ1) is 21.3. The Balaban J connectivity index is 3.12. The molecule has 0 aromatic carbocycles. The highest BCUT2D eigenvalue weighted by Gasteiger charge is 2.54. The number of carbonyl (C=O) groups is 3. The molecule has 0 bridgehead atoms. The highest BCUT2D eigenvalue weighted by Crippen LogP contribution is 2.32. The molecular weight excluding hydrogens is 367 g/mol. The Labute approximate surface area is 143 Å². The number of hydrogen-bond donors (Lipinski definition) is 0. The van der Waals surface area contributed by atoms with Crippen molar-refractivity contribution in [3.05, 3.63) is 0 Å². The van der Waals surface area contributed by atoms with Gasteiger partial charge in [0, 0.05) is 20.8 Å². The van der Waals surface area contributed by atoms with E-state index >= 15 is 0 Å². The fraction of sp³-hybridized carbons (Fsp3) is 0.769. The van der Waals surface area contributed by atoms with Crippen LogP contribution in [0.3, 0.4) is 0 Å². The molecule has 144 valence electrons. The van der Waals surface area contributed by atoms with Crippen LogP contribution in [0.5, 0.6) is 0 Å². The van der Waals surface area contributed by atoms with Crippen molar-refractivity contribution in [3.8, 4) is 0 Å². The van der Waals surface area contributed by atoms with E-state index in [0.29, 0.717) is 6.26 Å². The third kappa shape index (κ3) is 6.92. The molecular formula is C13H19FO10S. The van der Waals surface area contributed by atoms with Crippen LogP contribution in [0.4, 0.5) is 4.39 Å². The van der Waals surface area contributed by atoms with Crippen LogP contribution >= 0.6 is 0 Å². The first-order chi connectivity index (χ1) is 11.4. The molecule has 1 fully saturated rings. The van der Waals surface area contributed by atoms with E-state index in [1.807, 2.05) is 0 Å². The summed E-state index contributed by atoms with van der Waals surface area (Å²) in [5.41, 5.74) is 0. The van der Waals surface area contributed by atoms with Gasteiger partial charge in [-0.05, 0) is 0 Å². The summed E-state index contributed by atoms with van der Waals surface area (Å²) in [6.07, 6.45) is -7.78. The summed E-state index contributed by atoms with van der Waals surface area (Å²) in [6, 6.07) is 0. The average molecular weight is 386 g/mol. The largest absolute Gasteiger partial charge is 0.462 e. The van der Waals surface area contributed by atoms with Gasteiger partial charge in [-0.15, -0.1) is 0 Å². The zero-order valence-corrected chi connectivity index (χ0v) is 14.8. The Bertz CT molecular complexity index is 618. The lowest BCUT2D eigenvalue weighted by atomic mass is 10.1. The molecule has 0 aromatic heterocycles. The van der Waals surface area contributed by atoms with Crippen LogP contribution in [-0.2, 0) is 47.6 Å². The van der Waals surface area contributed by atoms with Gasteiger partial charge in [0.1, 0.15) is 18.8 Å². The van der Waals surface area contributed by atoms with Gasteiger partial charge in [-0.2, -0.15) is 8.42 Å². The van der Waals surface area contributed by atoms with Crippen LogP contribution in [0.1, 0.15) is 20.8 Å². The normalized spacial score (nSPS) is 27.4. The predicted molar refractivity (Wildman–Crippen MR) is 77.2 cm³/mol. The lowest BCUT2D eigenvalue weighted by Gasteiger charge is -2.27. The molecule has 0 spiro atoms. The van der Waals surface area contributed by atoms with Gasteiger partial charge in [0.15, 0.2) is 12.2 Å². The Morgan fingerprint density at radius 2 is 1.68 bits per heavy atom. The van der Waals surface area contributed by atoms with Gasteiger partial charge in [0.05, 0.1) is 6.26 Å². The lowest BCUT2D eigenvalue weighted by molar-refractivity contribution is -0.173. The summed E-state index contributed by atoms with van der Waals surface area (Å²) in [5.74, 6) is -2.43. The van der Waals surface area contributed by atoms with Crippen LogP contribution in [-0.4, -0.2) is 70.0 Å². The van der Waals surface area contributed by atoms with Crippen molar-refractivity contribution in [2.24, 2.45) is 0 Å². The molecule has 12 heteroatoms. The summed E-state index contributed by atoms with van der Waals surface area (Å²) >= 11 is 0. The van der Waals surface area contributed by atoms with E-state index in [4.69, 9.17) is 23.1 Å². The number of esters is 3. The Kier molecular flexibility index (Phi) is 7.26. The fourth-order valence-corrected chi connectivity index (χ4v) is 2.80. The molecule has 1 heterocycles. The molecule has 0 saturated carbocycles. The highest BCUT2D eigenvalue weighted by molar-refractivity contribution is 7.86. The summed E-state index contributed by atoms with van der Waals surface area (Å²) in [5, 5.41) is 0. The first-order valence-electron chi connectivity index (χ1n) is 7.06. The molecule has 5 atom stereocenters. The molecule has 1 aliphatic heterocycles. The van der Waals surface area contributed by atoms with Crippen LogP contribution in [0.25, 0.3) is 0 Å². The van der Waals surface area contributed by atoms with Gasteiger partial charge in [0.25, 0.3) is 10.1 Å². The maximum absolute atomic E-state index is 14.1. The first-order valence-corrected chi connectivity index (χ1v) is 8.88. The monoisotopic (exact) mass is 386 g/mol. The molecule has 0 amide bonds. The van der Waals surface area contributed by atoms with E-state index in [1.165, 1.54) is 0 Å². The summed E-state index contributed by atoms with van der Waals surface area (Å²) < 4.78 is 61.0. The van der Waals surface area contributed by atoms with Gasteiger partial charge in [-0.1, -0.05) is 0 Å². The fourth-order valence-electron chi connectivity index (χ4n) is 2.17. The Hall–Kier alpha value is -1.79. The van der Waals surface area contributed by atoms with Gasteiger partial charge >= 0.3 is 17.9 Å². The maximum atomic E-state index is 14.1. The van der Waals surface area contributed by atoms with Crippen LogP contribution in [0.2, 0.25) is 0 Å². The molecule has 10 nitrogen and oxygen atoms in total. The van der Waals surface area contributed by atoms with Gasteiger partial charge in [-0.3, -0.25) is 18.6 Å². The topological polar surface area (TPSA) is 132 Å². The number of hydrogen-bond acceptors (Lipinski definition) is 10. The molecule has 0 N–H and O–H groups in total. The molecule has 25 heavy (non-hydrogen) atoms. The van der Waals surface area contributed by atoms with Crippen LogP contribution < -0.4 is 0 Å². The minimum Gasteiger partial charge on any atom is -0.462 e. The zero-order chi connectivity index (χ0) is 19.4. The molecule has 1 aliphatic rings. The number of halogens is 1. The van der Waals surface area contributed by atoms with Crippen molar-refractivity contribution < 1.29 is 50.3 Å². The smallest absolute Gasteiger partial charge is 0.303 e. The molecule has 1 saturated heterocycles. The second-order valence-corrected chi connectivity index (χ2v) is 6.84. The maximum Gasteiger partial charge on any atom is 0.303 e. The summed E-state index contributed by atoms with van der Waals surface area (Å²) in [7, 11) is -4.11. The Morgan fingerprint density at radius 1 is 1.08 bits per heavy atom. The number of rotatable bonds is 7. The van der Waals surface area contributed by atoms with E-state index < -0.39 is 65.4 Å². The predicted octanol–water partition coefficient (Wildman–Crippen LogP) is -0.548. The number of alkyl halides is 1. The van der Waals surface area contributed by atoms with Crippen molar-refractivity contribution in [3.63, 3.8) is 0 Å². The third-order valence-corrected chi connectivity index (χ3v) is 3.49. The Morgan fingerprint density at radius 3 is 2.12 bits per heavy atom.